The van der Waals surface area contributed by atoms with Crippen molar-refractivity contribution < 1.29 is 0 Å². The topological polar surface area (TPSA) is 42.7 Å². The quantitative estimate of drug-likeness (QED) is 0.826. The molecule has 0 spiro atoms. The van der Waals surface area contributed by atoms with Crippen LogP contribution in [0.5, 0.6) is 0 Å². The molecular weight excluding hydrogens is 236 g/mol. The Hall–Kier alpha value is -1.39. The summed E-state index contributed by atoms with van der Waals surface area (Å²) < 4.78 is 1.93. The van der Waals surface area contributed by atoms with Crippen molar-refractivity contribution in [3.63, 3.8) is 0 Å². The van der Waals surface area contributed by atoms with Crippen LogP contribution in [0.4, 0.5) is 0 Å². The molecule has 0 bridgehead atoms. The maximum Gasteiger partial charge on any atom is 0.0634 e. The second-order valence-corrected chi connectivity index (χ2v) is 4.33. The second-order valence-electron chi connectivity index (χ2n) is 3.92. The first-order chi connectivity index (χ1) is 8.25. The Morgan fingerprint density at radius 1 is 1.41 bits per heavy atom. The Balaban J connectivity index is 1.75. The summed E-state index contributed by atoms with van der Waals surface area (Å²) >= 11 is 6.00. The van der Waals surface area contributed by atoms with Gasteiger partial charge in [-0.3, -0.25) is 9.67 Å². The molecule has 2 rings (SSSR count). The van der Waals surface area contributed by atoms with Gasteiger partial charge in [-0.25, -0.2) is 0 Å². The number of nitrogens with one attached hydrogen (secondary N) is 1. The van der Waals surface area contributed by atoms with Gasteiger partial charge in [0.05, 0.1) is 17.8 Å². The van der Waals surface area contributed by atoms with Gasteiger partial charge in [0.25, 0.3) is 0 Å². The lowest BCUT2D eigenvalue weighted by Gasteiger charge is -2.06. The van der Waals surface area contributed by atoms with E-state index in [-0.39, 0.29) is 0 Å². The van der Waals surface area contributed by atoms with Gasteiger partial charge in [-0.1, -0.05) is 11.6 Å². The number of rotatable bonds is 5. The lowest BCUT2D eigenvalue weighted by atomic mass is 10.3. The Bertz CT molecular complexity index is 481. The summed E-state index contributed by atoms with van der Waals surface area (Å²) in [5.41, 5.74) is 2.25. The molecule has 0 saturated heterocycles. The van der Waals surface area contributed by atoms with Crippen molar-refractivity contribution in [1.29, 1.82) is 0 Å². The molecule has 0 radical (unpaired) electrons. The summed E-state index contributed by atoms with van der Waals surface area (Å²) in [5.74, 6) is 0. The number of nitrogens with zero attached hydrogens (tertiary/aromatic N) is 3. The van der Waals surface area contributed by atoms with E-state index < -0.39 is 0 Å². The van der Waals surface area contributed by atoms with E-state index in [0.717, 1.165) is 25.2 Å². The third-order valence-corrected chi connectivity index (χ3v) is 2.79. The molecule has 0 atom stereocenters. The number of aryl methyl sites for hydroxylation is 1. The monoisotopic (exact) mass is 250 g/mol. The van der Waals surface area contributed by atoms with Gasteiger partial charge >= 0.3 is 0 Å². The van der Waals surface area contributed by atoms with Gasteiger partial charge in [-0.05, 0) is 24.1 Å². The van der Waals surface area contributed by atoms with E-state index in [9.17, 15) is 0 Å². The van der Waals surface area contributed by atoms with Gasteiger partial charge in [-0.15, -0.1) is 0 Å². The Kier molecular flexibility index (Phi) is 4.12. The fourth-order valence-corrected chi connectivity index (χ4v) is 1.74. The molecule has 2 aromatic heterocycles. The third kappa shape index (κ3) is 3.54. The van der Waals surface area contributed by atoms with Crippen molar-refractivity contribution in [1.82, 2.24) is 20.1 Å². The summed E-state index contributed by atoms with van der Waals surface area (Å²) in [7, 11) is 0. The molecule has 0 amide bonds. The summed E-state index contributed by atoms with van der Waals surface area (Å²) in [4.78, 5) is 3.95. The van der Waals surface area contributed by atoms with Gasteiger partial charge < -0.3 is 5.32 Å². The van der Waals surface area contributed by atoms with E-state index in [1.54, 1.807) is 12.4 Å². The predicted molar refractivity (Wildman–Crippen MR) is 67.9 cm³/mol. The number of hydrogen-bond donors (Lipinski definition) is 1. The minimum atomic E-state index is 0.704. The van der Waals surface area contributed by atoms with Crippen LogP contribution in [0, 0.1) is 6.92 Å². The first kappa shape index (κ1) is 12.1. The molecular formula is C12H15ClN4. The zero-order chi connectivity index (χ0) is 12.1. The highest BCUT2D eigenvalue weighted by Gasteiger charge is 1.99. The van der Waals surface area contributed by atoms with Gasteiger partial charge in [0.2, 0.25) is 0 Å². The first-order valence-corrected chi connectivity index (χ1v) is 5.91. The molecule has 0 aliphatic carbocycles. The molecule has 1 N–H and O–H groups in total. The minimum Gasteiger partial charge on any atom is -0.311 e. The average Bonchev–Trinajstić information content (AvgIpc) is 2.73. The smallest absolute Gasteiger partial charge is 0.0634 e. The van der Waals surface area contributed by atoms with Crippen LogP contribution < -0.4 is 5.32 Å². The number of hydrogen-bond acceptors (Lipinski definition) is 3. The van der Waals surface area contributed by atoms with Crippen molar-refractivity contribution in [3.8, 4) is 0 Å². The van der Waals surface area contributed by atoms with Crippen molar-refractivity contribution in [3.05, 3.63) is 47.0 Å². The molecule has 0 fully saturated rings. The van der Waals surface area contributed by atoms with E-state index in [1.165, 1.54) is 5.56 Å². The van der Waals surface area contributed by atoms with Crippen LogP contribution >= 0.6 is 11.6 Å². The average molecular weight is 251 g/mol. The van der Waals surface area contributed by atoms with Crippen molar-refractivity contribution in [2.24, 2.45) is 0 Å². The fourth-order valence-electron chi connectivity index (χ4n) is 1.55. The van der Waals surface area contributed by atoms with Crippen LogP contribution in [0.25, 0.3) is 0 Å². The number of halogens is 1. The summed E-state index contributed by atoms with van der Waals surface area (Å²) in [6, 6.07) is 1.92. The lowest BCUT2D eigenvalue weighted by molar-refractivity contribution is 0.554. The van der Waals surface area contributed by atoms with Gasteiger partial charge in [0, 0.05) is 31.7 Å². The van der Waals surface area contributed by atoms with Crippen molar-refractivity contribution >= 4 is 11.6 Å². The Morgan fingerprint density at radius 2 is 2.29 bits per heavy atom. The molecule has 0 aliphatic rings. The normalized spacial score (nSPS) is 10.7. The van der Waals surface area contributed by atoms with E-state index in [4.69, 9.17) is 11.6 Å². The minimum absolute atomic E-state index is 0.704. The van der Waals surface area contributed by atoms with Gasteiger partial charge in [0.1, 0.15) is 0 Å². The second kappa shape index (κ2) is 5.80. The van der Waals surface area contributed by atoms with Crippen LogP contribution in [-0.4, -0.2) is 21.3 Å². The maximum atomic E-state index is 6.00. The summed E-state index contributed by atoms with van der Waals surface area (Å²) in [5, 5.41) is 8.25. The zero-order valence-electron chi connectivity index (χ0n) is 9.73. The molecule has 0 unspecified atom stereocenters. The van der Waals surface area contributed by atoms with Crippen LogP contribution in [0.2, 0.25) is 5.02 Å². The highest BCUT2D eigenvalue weighted by molar-refractivity contribution is 6.31. The number of aromatic nitrogens is 3. The van der Waals surface area contributed by atoms with Crippen molar-refractivity contribution in [2.45, 2.75) is 20.0 Å². The molecule has 5 heteroatoms. The van der Waals surface area contributed by atoms with E-state index in [2.05, 4.69) is 15.4 Å². The predicted octanol–water partition coefficient (Wildman–Crippen LogP) is 2.03. The van der Waals surface area contributed by atoms with Crippen LogP contribution in [0.1, 0.15) is 11.1 Å². The molecule has 0 saturated carbocycles. The third-order valence-electron chi connectivity index (χ3n) is 2.45. The van der Waals surface area contributed by atoms with Crippen LogP contribution in [0.15, 0.2) is 30.9 Å². The molecule has 4 nitrogen and oxygen atoms in total. The highest BCUT2D eigenvalue weighted by atomic mass is 35.5. The summed E-state index contributed by atoms with van der Waals surface area (Å²) in [6.07, 6.45) is 7.30. The van der Waals surface area contributed by atoms with Crippen LogP contribution in [0.3, 0.4) is 0 Å². The van der Waals surface area contributed by atoms with E-state index in [1.807, 2.05) is 30.1 Å². The zero-order valence-corrected chi connectivity index (χ0v) is 10.5. The maximum absolute atomic E-state index is 6.00. The van der Waals surface area contributed by atoms with Crippen molar-refractivity contribution in [2.75, 3.05) is 6.54 Å². The van der Waals surface area contributed by atoms with Gasteiger partial charge in [0.15, 0.2) is 0 Å². The SMILES string of the molecule is Cc1cnn(CCNCc2ccncc2Cl)c1. The van der Waals surface area contributed by atoms with Gasteiger partial charge in [-0.2, -0.15) is 5.10 Å². The molecule has 0 aromatic carbocycles. The molecule has 2 aromatic rings. The molecule has 90 valence electrons. The standard InChI is InChI=1S/C12H15ClN4/c1-10-6-16-17(9-10)5-4-15-7-11-2-3-14-8-12(11)13/h2-3,6,8-9,15H,4-5,7H2,1H3. The Labute approximate surface area is 106 Å². The number of pyridine rings is 1. The summed E-state index contributed by atoms with van der Waals surface area (Å²) in [6.45, 7) is 4.51. The first-order valence-electron chi connectivity index (χ1n) is 5.54. The highest BCUT2D eigenvalue weighted by Crippen LogP contribution is 2.12. The van der Waals surface area contributed by atoms with E-state index in [0.29, 0.717) is 5.02 Å². The molecule has 17 heavy (non-hydrogen) atoms. The largest absolute Gasteiger partial charge is 0.311 e. The lowest BCUT2D eigenvalue weighted by Crippen LogP contribution is -2.19. The molecule has 2 heterocycles. The van der Waals surface area contributed by atoms with Crippen LogP contribution in [-0.2, 0) is 13.1 Å². The molecule has 0 aliphatic heterocycles. The fraction of sp³-hybridized carbons (Fsp3) is 0.333. The van der Waals surface area contributed by atoms with E-state index >= 15 is 0 Å². The Morgan fingerprint density at radius 3 is 3.00 bits per heavy atom.